The van der Waals surface area contributed by atoms with Gasteiger partial charge in [0.25, 0.3) is 0 Å². The number of nitrogens with zero attached hydrogens (tertiary/aromatic N) is 2. The van der Waals surface area contributed by atoms with Gasteiger partial charge in [0.2, 0.25) is 10.0 Å². The largest absolute Gasteiger partial charge is 0.367 e. The molecule has 0 spiro atoms. The molecule has 2 aliphatic carbocycles. The first-order valence-corrected chi connectivity index (χ1v) is 12.2. The topological polar surface area (TPSA) is 84.0 Å². The van der Waals surface area contributed by atoms with E-state index in [2.05, 4.69) is 51.2 Å². The Labute approximate surface area is 177 Å². The van der Waals surface area contributed by atoms with Gasteiger partial charge in [0.05, 0.1) is 11.3 Å². The molecule has 156 valence electrons. The lowest BCUT2D eigenvalue weighted by molar-refractivity contribution is 0.580. The molecule has 30 heavy (non-hydrogen) atoms. The summed E-state index contributed by atoms with van der Waals surface area (Å²) in [6, 6.07) is 13.1. The molecule has 0 aliphatic heterocycles. The van der Waals surface area contributed by atoms with Gasteiger partial charge in [-0.25, -0.2) is 23.1 Å². The third kappa shape index (κ3) is 4.47. The Morgan fingerprint density at radius 1 is 1.03 bits per heavy atom. The maximum atomic E-state index is 12.2. The number of benzene rings is 2. The number of fused-ring (bicyclic) bond motifs is 1. The number of anilines is 1. The maximum Gasteiger partial charge on any atom is 0.212 e. The summed E-state index contributed by atoms with van der Waals surface area (Å²) in [5.74, 6) is 1.00. The summed E-state index contributed by atoms with van der Waals surface area (Å²) in [5.41, 5.74) is 5.30. The van der Waals surface area contributed by atoms with Crippen LogP contribution in [0.25, 0.3) is 22.0 Å². The molecule has 2 aliphatic rings. The lowest BCUT2D eigenvalue weighted by Crippen LogP contribution is -2.29. The van der Waals surface area contributed by atoms with E-state index in [0.29, 0.717) is 12.5 Å². The number of aryl methyl sites for hydroxylation is 2. The van der Waals surface area contributed by atoms with Gasteiger partial charge in [-0.3, -0.25) is 0 Å². The van der Waals surface area contributed by atoms with Crippen molar-refractivity contribution >= 4 is 26.7 Å². The average molecular weight is 423 g/mol. The molecule has 2 aromatic carbocycles. The van der Waals surface area contributed by atoms with Crippen molar-refractivity contribution in [1.29, 1.82) is 0 Å². The number of aromatic nitrogens is 2. The van der Waals surface area contributed by atoms with E-state index < -0.39 is 10.0 Å². The van der Waals surface area contributed by atoms with E-state index in [-0.39, 0.29) is 11.8 Å². The zero-order valence-electron chi connectivity index (χ0n) is 17.1. The fraction of sp³-hybridized carbons (Fsp3) is 0.391. The summed E-state index contributed by atoms with van der Waals surface area (Å²) >= 11 is 0. The van der Waals surface area contributed by atoms with Crippen molar-refractivity contribution in [2.24, 2.45) is 0 Å². The number of nitrogens with one attached hydrogen (secondary N) is 2. The Morgan fingerprint density at radius 3 is 2.60 bits per heavy atom. The summed E-state index contributed by atoms with van der Waals surface area (Å²) in [5, 5.41) is 4.52. The smallest absolute Gasteiger partial charge is 0.212 e. The molecule has 2 saturated carbocycles. The monoisotopic (exact) mass is 422 g/mol. The SMILES string of the molecule is Cc1cc2ncnc(NC3CC3)c2cc1-c1cccc(CCS(=O)(=O)NC2CC2)c1. The van der Waals surface area contributed by atoms with E-state index in [9.17, 15) is 8.42 Å². The van der Waals surface area contributed by atoms with Gasteiger partial charge in [-0.2, -0.15) is 0 Å². The Morgan fingerprint density at radius 2 is 1.83 bits per heavy atom. The Bertz CT molecular complexity index is 1200. The summed E-state index contributed by atoms with van der Waals surface area (Å²) in [6.07, 6.45) is 6.40. The molecule has 0 bridgehead atoms. The summed E-state index contributed by atoms with van der Waals surface area (Å²) in [4.78, 5) is 8.90. The van der Waals surface area contributed by atoms with Crippen LogP contribution in [0.1, 0.15) is 36.8 Å². The van der Waals surface area contributed by atoms with Gasteiger partial charge < -0.3 is 5.32 Å². The molecule has 1 aromatic heterocycles. The van der Waals surface area contributed by atoms with Crippen LogP contribution >= 0.6 is 0 Å². The molecular weight excluding hydrogens is 396 g/mol. The van der Waals surface area contributed by atoms with E-state index >= 15 is 0 Å². The zero-order chi connectivity index (χ0) is 20.7. The van der Waals surface area contributed by atoms with Crippen LogP contribution in [0.4, 0.5) is 5.82 Å². The third-order valence-electron chi connectivity index (χ3n) is 5.72. The number of hydrogen-bond donors (Lipinski definition) is 2. The average Bonchev–Trinajstić information content (AvgIpc) is 3.64. The Hall–Kier alpha value is -2.51. The molecule has 0 radical (unpaired) electrons. The summed E-state index contributed by atoms with van der Waals surface area (Å²) in [6.45, 7) is 2.08. The van der Waals surface area contributed by atoms with Gasteiger partial charge in [0.1, 0.15) is 12.1 Å². The third-order valence-corrected chi connectivity index (χ3v) is 7.15. The van der Waals surface area contributed by atoms with Crippen LogP contribution in [0.3, 0.4) is 0 Å². The van der Waals surface area contributed by atoms with E-state index in [0.717, 1.165) is 51.8 Å². The minimum Gasteiger partial charge on any atom is -0.367 e. The first-order chi connectivity index (χ1) is 14.5. The predicted molar refractivity (Wildman–Crippen MR) is 120 cm³/mol. The van der Waals surface area contributed by atoms with Crippen LogP contribution in [0.2, 0.25) is 0 Å². The summed E-state index contributed by atoms with van der Waals surface area (Å²) in [7, 11) is -3.22. The molecule has 0 amide bonds. The lowest BCUT2D eigenvalue weighted by atomic mass is 9.96. The molecule has 0 saturated heterocycles. The molecule has 2 fully saturated rings. The summed E-state index contributed by atoms with van der Waals surface area (Å²) < 4.78 is 27.2. The van der Waals surface area contributed by atoms with Crippen LogP contribution in [-0.2, 0) is 16.4 Å². The highest BCUT2D eigenvalue weighted by molar-refractivity contribution is 7.89. The highest BCUT2D eigenvalue weighted by atomic mass is 32.2. The van der Waals surface area contributed by atoms with Crippen molar-refractivity contribution in [2.45, 2.75) is 51.1 Å². The van der Waals surface area contributed by atoms with Gasteiger partial charge in [-0.1, -0.05) is 24.3 Å². The maximum absolute atomic E-state index is 12.2. The quantitative estimate of drug-likeness (QED) is 0.577. The second kappa shape index (κ2) is 7.63. The molecule has 5 rings (SSSR count). The number of hydrogen-bond acceptors (Lipinski definition) is 5. The van der Waals surface area contributed by atoms with Crippen molar-refractivity contribution in [2.75, 3.05) is 11.1 Å². The van der Waals surface area contributed by atoms with Crippen molar-refractivity contribution in [1.82, 2.24) is 14.7 Å². The van der Waals surface area contributed by atoms with Crippen LogP contribution in [0.15, 0.2) is 42.7 Å². The van der Waals surface area contributed by atoms with E-state index in [1.165, 1.54) is 12.8 Å². The molecule has 2 N–H and O–H groups in total. The normalized spacial score (nSPS) is 16.7. The minimum atomic E-state index is -3.22. The fourth-order valence-corrected chi connectivity index (χ4v) is 5.08. The minimum absolute atomic E-state index is 0.118. The number of rotatable bonds is 8. The Balaban J connectivity index is 1.43. The molecular formula is C23H26N4O2S. The van der Waals surface area contributed by atoms with Crippen LogP contribution in [0, 0.1) is 6.92 Å². The predicted octanol–water partition coefficient (Wildman–Crippen LogP) is 3.80. The molecule has 0 unspecified atom stereocenters. The first-order valence-electron chi connectivity index (χ1n) is 10.6. The lowest BCUT2D eigenvalue weighted by Gasteiger charge is -2.13. The highest BCUT2D eigenvalue weighted by Crippen LogP contribution is 2.33. The number of sulfonamides is 1. The van der Waals surface area contributed by atoms with Crippen molar-refractivity contribution in [3.63, 3.8) is 0 Å². The van der Waals surface area contributed by atoms with E-state index in [4.69, 9.17) is 0 Å². The molecule has 6 nitrogen and oxygen atoms in total. The highest BCUT2D eigenvalue weighted by Gasteiger charge is 2.26. The first kappa shape index (κ1) is 19.5. The van der Waals surface area contributed by atoms with Gasteiger partial charge in [-0.05, 0) is 73.4 Å². The Kier molecular flexibility index (Phi) is 4.95. The van der Waals surface area contributed by atoms with Crippen molar-refractivity contribution in [3.05, 3.63) is 53.9 Å². The van der Waals surface area contributed by atoms with Gasteiger partial charge in [-0.15, -0.1) is 0 Å². The molecule has 3 aromatic rings. The van der Waals surface area contributed by atoms with Crippen LogP contribution in [-0.4, -0.2) is 36.2 Å². The van der Waals surface area contributed by atoms with Crippen molar-refractivity contribution in [3.8, 4) is 11.1 Å². The molecule has 0 atom stereocenters. The van der Waals surface area contributed by atoms with Gasteiger partial charge in [0, 0.05) is 17.5 Å². The second-order valence-electron chi connectivity index (χ2n) is 8.49. The molecule has 7 heteroatoms. The zero-order valence-corrected chi connectivity index (χ0v) is 17.9. The van der Waals surface area contributed by atoms with E-state index in [1.54, 1.807) is 6.33 Å². The van der Waals surface area contributed by atoms with E-state index in [1.807, 2.05) is 12.1 Å². The van der Waals surface area contributed by atoms with Crippen LogP contribution in [0.5, 0.6) is 0 Å². The second-order valence-corrected chi connectivity index (χ2v) is 10.4. The van der Waals surface area contributed by atoms with Crippen LogP contribution < -0.4 is 10.0 Å². The fourth-order valence-electron chi connectivity index (χ4n) is 3.72. The standard InChI is InChI=1S/C23H26N4O2S/c1-15-11-22-21(23(25-14-24-22)26-18-5-6-18)13-20(15)17-4-2-3-16(12-17)9-10-30(28,29)27-19-7-8-19/h2-4,11-14,18-19,27H,5-10H2,1H3,(H,24,25,26). The molecule has 1 heterocycles. The van der Waals surface area contributed by atoms with Crippen molar-refractivity contribution < 1.29 is 8.42 Å². The van der Waals surface area contributed by atoms with Gasteiger partial charge >= 0.3 is 0 Å². The van der Waals surface area contributed by atoms with Gasteiger partial charge in [0.15, 0.2) is 0 Å².